The maximum atomic E-state index is 11.9. The Hall–Kier alpha value is -2.95. The van der Waals surface area contributed by atoms with Crippen molar-refractivity contribution >= 4 is 16.8 Å². The van der Waals surface area contributed by atoms with E-state index in [1.165, 1.54) is 11.9 Å². The Morgan fingerprint density at radius 2 is 1.87 bits per heavy atom. The van der Waals surface area contributed by atoms with Crippen LogP contribution in [0.25, 0.3) is 10.9 Å². The van der Waals surface area contributed by atoms with Crippen molar-refractivity contribution in [3.8, 4) is 5.88 Å². The van der Waals surface area contributed by atoms with Gasteiger partial charge in [-0.25, -0.2) is 9.97 Å². The molecule has 0 aliphatic rings. The fourth-order valence-electron chi connectivity index (χ4n) is 2.19. The molecule has 0 unspecified atom stereocenters. The highest BCUT2D eigenvalue weighted by molar-refractivity contribution is 5.83. The Morgan fingerprint density at radius 1 is 1.09 bits per heavy atom. The van der Waals surface area contributed by atoms with Crippen LogP contribution in [-0.2, 0) is 11.3 Å². The molecule has 116 valence electrons. The second-order valence-electron chi connectivity index (χ2n) is 5.25. The summed E-state index contributed by atoms with van der Waals surface area (Å²) >= 11 is 0. The van der Waals surface area contributed by atoms with Gasteiger partial charge in [0.25, 0.3) is 5.91 Å². The first-order valence-corrected chi connectivity index (χ1v) is 7.37. The molecule has 23 heavy (non-hydrogen) atoms. The molecule has 1 N–H and O–H groups in total. The number of hydrogen-bond acceptors (Lipinski definition) is 4. The molecule has 0 radical (unpaired) electrons. The molecule has 2 aromatic carbocycles. The number of carbonyl (C=O) groups excluding carboxylic acids is 1. The maximum Gasteiger partial charge on any atom is 0.258 e. The number of hydrogen-bond donors (Lipinski definition) is 1. The zero-order valence-electron chi connectivity index (χ0n) is 12.8. The Morgan fingerprint density at radius 3 is 2.70 bits per heavy atom. The van der Waals surface area contributed by atoms with E-state index in [1.807, 2.05) is 55.5 Å². The molecule has 0 aliphatic carbocycles. The van der Waals surface area contributed by atoms with Gasteiger partial charge in [-0.15, -0.1) is 0 Å². The molecular formula is C18H17N3O2. The van der Waals surface area contributed by atoms with Crippen LogP contribution in [0.3, 0.4) is 0 Å². The third-order valence-corrected chi connectivity index (χ3v) is 3.46. The zero-order valence-corrected chi connectivity index (χ0v) is 12.8. The van der Waals surface area contributed by atoms with Crippen molar-refractivity contribution in [3.63, 3.8) is 0 Å². The largest absolute Gasteiger partial charge is 0.467 e. The number of nitrogens with zero attached hydrogens (tertiary/aromatic N) is 2. The van der Waals surface area contributed by atoms with Crippen molar-refractivity contribution in [1.82, 2.24) is 15.3 Å². The number of aromatic nitrogens is 2. The molecule has 0 bridgehead atoms. The van der Waals surface area contributed by atoms with Crippen molar-refractivity contribution in [2.24, 2.45) is 0 Å². The van der Waals surface area contributed by atoms with Crippen LogP contribution in [0.2, 0.25) is 0 Å². The number of benzene rings is 2. The molecule has 1 amide bonds. The van der Waals surface area contributed by atoms with E-state index in [9.17, 15) is 4.79 Å². The first-order chi connectivity index (χ1) is 11.2. The van der Waals surface area contributed by atoms with Gasteiger partial charge in [-0.1, -0.05) is 42.0 Å². The van der Waals surface area contributed by atoms with Crippen LogP contribution >= 0.6 is 0 Å². The number of carbonyl (C=O) groups is 1. The van der Waals surface area contributed by atoms with E-state index in [1.54, 1.807) is 0 Å². The second-order valence-corrected chi connectivity index (χ2v) is 5.25. The predicted octanol–water partition coefficient (Wildman–Crippen LogP) is 2.63. The lowest BCUT2D eigenvalue weighted by atomic mass is 10.1. The molecule has 1 heterocycles. The molecular weight excluding hydrogens is 290 g/mol. The van der Waals surface area contributed by atoms with Gasteiger partial charge in [0.05, 0.1) is 10.9 Å². The normalized spacial score (nSPS) is 10.5. The van der Waals surface area contributed by atoms with Crippen LogP contribution in [0, 0.1) is 6.92 Å². The minimum Gasteiger partial charge on any atom is -0.467 e. The first-order valence-electron chi connectivity index (χ1n) is 7.37. The van der Waals surface area contributed by atoms with Crippen molar-refractivity contribution in [2.45, 2.75) is 13.5 Å². The molecule has 0 aliphatic heterocycles. The summed E-state index contributed by atoms with van der Waals surface area (Å²) in [4.78, 5) is 20.2. The lowest BCUT2D eigenvalue weighted by molar-refractivity contribution is -0.123. The number of fused-ring (bicyclic) bond motifs is 1. The van der Waals surface area contributed by atoms with Gasteiger partial charge in [0.2, 0.25) is 5.88 Å². The van der Waals surface area contributed by atoms with Crippen LogP contribution in [-0.4, -0.2) is 22.5 Å². The molecule has 0 atom stereocenters. The lowest BCUT2D eigenvalue weighted by Crippen LogP contribution is -2.28. The number of para-hydroxylation sites is 1. The van der Waals surface area contributed by atoms with E-state index in [0.717, 1.165) is 16.5 Å². The average molecular weight is 307 g/mol. The third kappa shape index (κ3) is 3.83. The van der Waals surface area contributed by atoms with E-state index in [4.69, 9.17) is 4.74 Å². The number of amides is 1. The van der Waals surface area contributed by atoms with Crippen LogP contribution in [0.1, 0.15) is 11.1 Å². The van der Waals surface area contributed by atoms with Crippen molar-refractivity contribution in [2.75, 3.05) is 6.61 Å². The van der Waals surface area contributed by atoms with Crippen LogP contribution in [0.4, 0.5) is 0 Å². The average Bonchev–Trinajstić information content (AvgIpc) is 2.59. The molecule has 0 fully saturated rings. The quantitative estimate of drug-likeness (QED) is 0.787. The van der Waals surface area contributed by atoms with Crippen molar-refractivity contribution in [3.05, 3.63) is 66.0 Å². The number of aryl methyl sites for hydroxylation is 1. The van der Waals surface area contributed by atoms with E-state index < -0.39 is 0 Å². The van der Waals surface area contributed by atoms with E-state index in [0.29, 0.717) is 12.4 Å². The van der Waals surface area contributed by atoms with E-state index in [2.05, 4.69) is 15.3 Å². The lowest BCUT2D eigenvalue weighted by Gasteiger charge is -2.08. The van der Waals surface area contributed by atoms with Gasteiger partial charge in [-0.2, -0.15) is 0 Å². The first kappa shape index (κ1) is 15.0. The summed E-state index contributed by atoms with van der Waals surface area (Å²) < 4.78 is 5.53. The summed E-state index contributed by atoms with van der Waals surface area (Å²) in [5.41, 5.74) is 3.04. The van der Waals surface area contributed by atoms with E-state index in [-0.39, 0.29) is 12.5 Å². The minimum absolute atomic E-state index is 0.0765. The Balaban J connectivity index is 1.57. The van der Waals surface area contributed by atoms with E-state index >= 15 is 0 Å². The highest BCUT2D eigenvalue weighted by Crippen LogP contribution is 2.20. The maximum absolute atomic E-state index is 11.9. The molecule has 0 saturated carbocycles. The number of ether oxygens (including phenoxy) is 1. The van der Waals surface area contributed by atoms with Gasteiger partial charge in [-0.05, 0) is 24.6 Å². The third-order valence-electron chi connectivity index (χ3n) is 3.46. The molecule has 0 spiro atoms. The highest BCUT2D eigenvalue weighted by Gasteiger charge is 2.07. The summed E-state index contributed by atoms with van der Waals surface area (Å²) in [5, 5.41) is 3.62. The zero-order chi connectivity index (χ0) is 16.1. The van der Waals surface area contributed by atoms with Gasteiger partial charge in [0.1, 0.15) is 6.33 Å². The van der Waals surface area contributed by atoms with Gasteiger partial charge >= 0.3 is 0 Å². The molecule has 3 rings (SSSR count). The summed E-state index contributed by atoms with van der Waals surface area (Å²) in [7, 11) is 0. The standard InChI is InChI=1S/C18H17N3O2/c1-13-6-8-14(9-7-13)10-19-17(22)11-23-18-15-4-2-3-5-16(15)20-12-21-18/h2-9,12H,10-11H2,1H3,(H,19,22). The van der Waals surface area contributed by atoms with Gasteiger partial charge < -0.3 is 10.1 Å². The summed E-state index contributed by atoms with van der Waals surface area (Å²) in [6, 6.07) is 15.6. The number of rotatable bonds is 5. The van der Waals surface area contributed by atoms with Gasteiger partial charge in [0, 0.05) is 6.54 Å². The van der Waals surface area contributed by atoms with Gasteiger partial charge in [-0.3, -0.25) is 4.79 Å². The molecule has 5 nitrogen and oxygen atoms in total. The fourth-order valence-corrected chi connectivity index (χ4v) is 2.19. The predicted molar refractivity (Wildman–Crippen MR) is 88.1 cm³/mol. The Labute approximate surface area is 134 Å². The molecule has 0 saturated heterocycles. The van der Waals surface area contributed by atoms with Crippen LogP contribution < -0.4 is 10.1 Å². The SMILES string of the molecule is Cc1ccc(CNC(=O)COc2ncnc3ccccc23)cc1. The minimum atomic E-state index is -0.187. The van der Waals surface area contributed by atoms with Gasteiger partial charge in [0.15, 0.2) is 6.61 Å². The summed E-state index contributed by atoms with van der Waals surface area (Å²) in [6.45, 7) is 2.43. The fraction of sp³-hybridized carbons (Fsp3) is 0.167. The highest BCUT2D eigenvalue weighted by atomic mass is 16.5. The summed E-state index contributed by atoms with van der Waals surface area (Å²) in [6.07, 6.45) is 1.43. The smallest absolute Gasteiger partial charge is 0.258 e. The van der Waals surface area contributed by atoms with Crippen LogP contribution in [0.5, 0.6) is 5.88 Å². The van der Waals surface area contributed by atoms with Crippen molar-refractivity contribution < 1.29 is 9.53 Å². The second kappa shape index (κ2) is 6.87. The Bertz CT molecular complexity index is 811. The Kier molecular flexibility index (Phi) is 4.47. The van der Waals surface area contributed by atoms with Crippen molar-refractivity contribution in [1.29, 1.82) is 0 Å². The molecule has 1 aromatic heterocycles. The topological polar surface area (TPSA) is 64.1 Å². The molecule has 5 heteroatoms. The number of nitrogens with one attached hydrogen (secondary N) is 1. The monoisotopic (exact) mass is 307 g/mol. The summed E-state index contributed by atoms with van der Waals surface area (Å²) in [5.74, 6) is 0.231. The molecule has 3 aromatic rings. The van der Waals surface area contributed by atoms with Crippen LogP contribution in [0.15, 0.2) is 54.9 Å².